The number of aryl methyl sites for hydroxylation is 3. The molecule has 2 heteroatoms. The Morgan fingerprint density at radius 3 is 2.48 bits per heavy atom. The van der Waals surface area contributed by atoms with Crippen LogP contribution in [0.1, 0.15) is 33.9 Å². The zero-order valence-corrected chi connectivity index (χ0v) is 13.7. The fraction of sp³-hybridized carbons (Fsp3) is 0.368. The Kier molecular flexibility index (Phi) is 5.03. The van der Waals surface area contributed by atoms with E-state index < -0.39 is 0 Å². The van der Waals surface area contributed by atoms with Gasteiger partial charge in [-0.05, 0) is 63.1 Å². The van der Waals surface area contributed by atoms with Crippen LogP contribution in [0.4, 0.5) is 0 Å². The summed E-state index contributed by atoms with van der Waals surface area (Å²) in [5.74, 6) is 0.973. The Morgan fingerprint density at radius 1 is 1.00 bits per heavy atom. The molecule has 0 bridgehead atoms. The monoisotopic (exact) mass is 283 g/mol. The maximum Gasteiger partial charge on any atom is 0.122 e. The third-order valence-corrected chi connectivity index (χ3v) is 4.12. The minimum atomic E-state index is 0.199. The highest BCUT2D eigenvalue weighted by atomic mass is 16.5. The van der Waals surface area contributed by atoms with Crippen LogP contribution in [0.3, 0.4) is 0 Å². The normalized spacial score (nSPS) is 12.2. The van der Waals surface area contributed by atoms with E-state index in [0.29, 0.717) is 6.61 Å². The SMILES string of the molecule is CNC(COc1cccc(C)c1C)c1cc(C)ccc1C. The van der Waals surface area contributed by atoms with Gasteiger partial charge in [-0.3, -0.25) is 0 Å². The maximum atomic E-state index is 6.06. The number of nitrogens with one attached hydrogen (secondary N) is 1. The molecule has 0 aromatic heterocycles. The zero-order chi connectivity index (χ0) is 15.4. The lowest BCUT2D eigenvalue weighted by Crippen LogP contribution is -2.24. The van der Waals surface area contributed by atoms with Crippen molar-refractivity contribution in [2.75, 3.05) is 13.7 Å². The highest BCUT2D eigenvalue weighted by molar-refractivity contribution is 5.38. The van der Waals surface area contributed by atoms with Crippen molar-refractivity contribution < 1.29 is 4.74 Å². The van der Waals surface area contributed by atoms with Crippen molar-refractivity contribution in [3.05, 3.63) is 64.2 Å². The molecule has 1 unspecified atom stereocenters. The van der Waals surface area contributed by atoms with Crippen molar-refractivity contribution in [1.29, 1.82) is 0 Å². The van der Waals surface area contributed by atoms with Gasteiger partial charge in [0.15, 0.2) is 0 Å². The Balaban J connectivity index is 2.16. The van der Waals surface area contributed by atoms with Crippen LogP contribution in [0.25, 0.3) is 0 Å². The summed E-state index contributed by atoms with van der Waals surface area (Å²) in [4.78, 5) is 0. The van der Waals surface area contributed by atoms with E-state index in [2.05, 4.69) is 57.3 Å². The van der Waals surface area contributed by atoms with E-state index in [1.165, 1.54) is 27.8 Å². The standard InChI is InChI=1S/C19H25NO/c1-13-9-10-15(3)17(11-13)18(20-5)12-21-19-8-6-7-14(2)16(19)4/h6-11,18,20H,12H2,1-5H3. The summed E-state index contributed by atoms with van der Waals surface area (Å²) in [5, 5.41) is 3.37. The Morgan fingerprint density at radius 2 is 1.76 bits per heavy atom. The molecule has 0 heterocycles. The van der Waals surface area contributed by atoms with E-state index in [1.807, 2.05) is 19.2 Å². The predicted molar refractivity (Wildman–Crippen MR) is 89.1 cm³/mol. The van der Waals surface area contributed by atoms with Crippen LogP contribution in [0, 0.1) is 27.7 Å². The highest BCUT2D eigenvalue weighted by Gasteiger charge is 2.13. The molecular formula is C19H25NO. The van der Waals surface area contributed by atoms with Gasteiger partial charge >= 0.3 is 0 Å². The predicted octanol–water partition coefficient (Wildman–Crippen LogP) is 4.26. The molecular weight excluding hydrogens is 258 g/mol. The van der Waals surface area contributed by atoms with E-state index >= 15 is 0 Å². The van der Waals surface area contributed by atoms with E-state index in [-0.39, 0.29) is 6.04 Å². The molecule has 0 radical (unpaired) electrons. The molecule has 1 atom stereocenters. The summed E-state index contributed by atoms with van der Waals surface area (Å²) in [6.07, 6.45) is 0. The van der Waals surface area contributed by atoms with Crippen molar-refractivity contribution >= 4 is 0 Å². The molecule has 0 saturated carbocycles. The quantitative estimate of drug-likeness (QED) is 0.885. The van der Waals surface area contributed by atoms with Crippen LogP contribution < -0.4 is 10.1 Å². The molecule has 0 saturated heterocycles. The van der Waals surface area contributed by atoms with Crippen molar-refractivity contribution in [2.24, 2.45) is 0 Å². The number of hydrogen-bond acceptors (Lipinski definition) is 2. The molecule has 0 aliphatic carbocycles. The smallest absolute Gasteiger partial charge is 0.122 e. The van der Waals surface area contributed by atoms with Gasteiger partial charge in [-0.25, -0.2) is 0 Å². The van der Waals surface area contributed by atoms with Crippen molar-refractivity contribution in [3.8, 4) is 5.75 Å². The minimum Gasteiger partial charge on any atom is -0.491 e. The van der Waals surface area contributed by atoms with Crippen LogP contribution in [-0.2, 0) is 0 Å². The second kappa shape index (κ2) is 6.77. The van der Waals surface area contributed by atoms with E-state index in [9.17, 15) is 0 Å². The average molecular weight is 283 g/mol. The van der Waals surface area contributed by atoms with Gasteiger partial charge in [0.05, 0.1) is 6.04 Å². The van der Waals surface area contributed by atoms with E-state index in [4.69, 9.17) is 4.74 Å². The summed E-state index contributed by atoms with van der Waals surface area (Å²) in [6.45, 7) is 9.13. The Labute approximate surface area is 128 Å². The lowest BCUT2D eigenvalue weighted by Gasteiger charge is -2.21. The van der Waals surface area contributed by atoms with Crippen LogP contribution in [0.15, 0.2) is 36.4 Å². The van der Waals surface area contributed by atoms with E-state index in [0.717, 1.165) is 5.75 Å². The third kappa shape index (κ3) is 3.64. The van der Waals surface area contributed by atoms with E-state index in [1.54, 1.807) is 0 Å². The van der Waals surface area contributed by atoms with Gasteiger partial charge in [-0.2, -0.15) is 0 Å². The zero-order valence-electron chi connectivity index (χ0n) is 13.7. The molecule has 0 aliphatic heterocycles. The molecule has 2 rings (SSSR count). The lowest BCUT2D eigenvalue weighted by atomic mass is 9.99. The van der Waals surface area contributed by atoms with Gasteiger partial charge in [0.2, 0.25) is 0 Å². The lowest BCUT2D eigenvalue weighted by molar-refractivity contribution is 0.271. The van der Waals surface area contributed by atoms with Gasteiger partial charge in [0, 0.05) is 0 Å². The minimum absolute atomic E-state index is 0.199. The first-order chi connectivity index (χ1) is 10.0. The molecule has 2 nitrogen and oxygen atoms in total. The van der Waals surface area contributed by atoms with Gasteiger partial charge in [0.25, 0.3) is 0 Å². The Hall–Kier alpha value is -1.80. The molecule has 1 N–H and O–H groups in total. The molecule has 21 heavy (non-hydrogen) atoms. The second-order valence-corrected chi connectivity index (χ2v) is 5.71. The second-order valence-electron chi connectivity index (χ2n) is 5.71. The summed E-state index contributed by atoms with van der Waals surface area (Å²) in [7, 11) is 1.99. The summed E-state index contributed by atoms with van der Waals surface area (Å²) in [5.41, 5.74) is 6.36. The first-order valence-electron chi connectivity index (χ1n) is 7.46. The molecule has 0 amide bonds. The first kappa shape index (κ1) is 15.6. The topological polar surface area (TPSA) is 21.3 Å². The number of ether oxygens (including phenoxy) is 1. The first-order valence-corrected chi connectivity index (χ1v) is 7.46. The summed E-state index contributed by atoms with van der Waals surface area (Å²) in [6, 6.07) is 13.0. The maximum absolute atomic E-state index is 6.06. The number of rotatable bonds is 5. The van der Waals surface area contributed by atoms with Crippen LogP contribution in [0.2, 0.25) is 0 Å². The molecule has 2 aromatic carbocycles. The molecule has 2 aromatic rings. The third-order valence-electron chi connectivity index (χ3n) is 4.12. The highest BCUT2D eigenvalue weighted by Crippen LogP contribution is 2.24. The van der Waals surface area contributed by atoms with Gasteiger partial charge < -0.3 is 10.1 Å². The number of likely N-dealkylation sites (N-methyl/N-ethyl adjacent to an activating group) is 1. The number of hydrogen-bond donors (Lipinski definition) is 1. The van der Waals surface area contributed by atoms with Crippen molar-refractivity contribution in [1.82, 2.24) is 5.32 Å². The number of benzene rings is 2. The Bertz CT molecular complexity index is 619. The molecule has 0 aliphatic rings. The van der Waals surface area contributed by atoms with Crippen molar-refractivity contribution in [3.63, 3.8) is 0 Å². The molecule has 112 valence electrons. The van der Waals surface area contributed by atoms with Crippen LogP contribution >= 0.6 is 0 Å². The van der Waals surface area contributed by atoms with Gasteiger partial charge in [-0.1, -0.05) is 35.9 Å². The molecule has 0 fully saturated rings. The van der Waals surface area contributed by atoms with Crippen LogP contribution in [-0.4, -0.2) is 13.7 Å². The largest absolute Gasteiger partial charge is 0.491 e. The van der Waals surface area contributed by atoms with Gasteiger partial charge in [-0.15, -0.1) is 0 Å². The van der Waals surface area contributed by atoms with Crippen LogP contribution in [0.5, 0.6) is 5.75 Å². The summed E-state index contributed by atoms with van der Waals surface area (Å²) >= 11 is 0. The average Bonchev–Trinajstić information content (AvgIpc) is 2.47. The van der Waals surface area contributed by atoms with Crippen molar-refractivity contribution in [2.45, 2.75) is 33.7 Å². The summed E-state index contributed by atoms with van der Waals surface area (Å²) < 4.78 is 6.06. The fourth-order valence-electron chi connectivity index (χ4n) is 2.52. The fourth-order valence-corrected chi connectivity index (χ4v) is 2.52. The molecule has 0 spiro atoms. The van der Waals surface area contributed by atoms with Gasteiger partial charge in [0.1, 0.15) is 12.4 Å².